The minimum absolute atomic E-state index is 0.197. The van der Waals surface area contributed by atoms with Gasteiger partial charge in [-0.3, -0.25) is 9.78 Å². The lowest BCUT2D eigenvalue weighted by Crippen LogP contribution is -2.32. The molecule has 0 aliphatic carbocycles. The Bertz CT molecular complexity index is 1410. The number of piperidine rings is 1. The summed E-state index contributed by atoms with van der Waals surface area (Å²) in [5, 5.41) is 4.66. The Hall–Kier alpha value is -3.78. The van der Waals surface area contributed by atoms with Crippen LogP contribution in [0.25, 0.3) is 22.2 Å². The van der Waals surface area contributed by atoms with Crippen LogP contribution < -0.4 is 15.6 Å². The summed E-state index contributed by atoms with van der Waals surface area (Å²) >= 11 is 0. The van der Waals surface area contributed by atoms with E-state index in [1.807, 2.05) is 12.1 Å². The second kappa shape index (κ2) is 9.84. The van der Waals surface area contributed by atoms with Crippen LogP contribution in [0.4, 0.5) is 11.5 Å². The quantitative estimate of drug-likeness (QED) is 0.424. The Kier molecular flexibility index (Phi) is 6.46. The first kappa shape index (κ1) is 23.0. The molecule has 35 heavy (non-hydrogen) atoms. The van der Waals surface area contributed by atoms with Crippen LogP contribution in [0.2, 0.25) is 0 Å². The number of H-pyrrole nitrogens is 1. The smallest absolute Gasteiger partial charge is 0.259 e. The molecule has 4 heterocycles. The molecule has 180 valence electrons. The predicted octanol–water partition coefficient (Wildman–Crippen LogP) is 4.64. The number of ether oxygens (including phenoxy) is 1. The molecule has 1 fully saturated rings. The van der Waals surface area contributed by atoms with Crippen LogP contribution >= 0.6 is 0 Å². The maximum atomic E-state index is 12.7. The van der Waals surface area contributed by atoms with Gasteiger partial charge in [-0.15, -0.1) is 0 Å². The number of hydrogen-bond donors (Lipinski definition) is 2. The van der Waals surface area contributed by atoms with E-state index in [-0.39, 0.29) is 5.56 Å². The van der Waals surface area contributed by atoms with Crippen LogP contribution in [0, 0.1) is 6.92 Å². The molecular formula is C27H30N6O2. The summed E-state index contributed by atoms with van der Waals surface area (Å²) in [6, 6.07) is 10.1. The number of fused-ring (bicyclic) bond motifs is 1. The molecular weight excluding hydrogens is 440 g/mol. The number of likely N-dealkylation sites (tertiary alicyclic amines) is 1. The van der Waals surface area contributed by atoms with Crippen molar-refractivity contribution in [1.29, 1.82) is 0 Å². The Morgan fingerprint density at radius 1 is 1.11 bits per heavy atom. The minimum Gasteiger partial charge on any atom is -0.480 e. The van der Waals surface area contributed by atoms with E-state index < -0.39 is 0 Å². The summed E-state index contributed by atoms with van der Waals surface area (Å²) in [5.41, 5.74) is 4.52. The van der Waals surface area contributed by atoms with Crippen LogP contribution in [0.3, 0.4) is 0 Å². The van der Waals surface area contributed by atoms with Crippen LogP contribution in [-0.2, 0) is 0 Å². The highest BCUT2D eigenvalue weighted by Crippen LogP contribution is 2.33. The van der Waals surface area contributed by atoms with E-state index in [1.54, 1.807) is 25.7 Å². The van der Waals surface area contributed by atoms with E-state index in [0.29, 0.717) is 34.4 Å². The number of aromatic nitrogens is 4. The van der Waals surface area contributed by atoms with Gasteiger partial charge in [-0.1, -0.05) is 13.0 Å². The molecule has 0 saturated carbocycles. The van der Waals surface area contributed by atoms with Crippen molar-refractivity contribution in [3.63, 3.8) is 0 Å². The van der Waals surface area contributed by atoms with Gasteiger partial charge in [-0.05, 0) is 86.1 Å². The molecule has 1 aromatic carbocycles. The van der Waals surface area contributed by atoms with Crippen molar-refractivity contribution >= 4 is 22.3 Å². The molecule has 0 atom stereocenters. The Morgan fingerprint density at radius 3 is 2.69 bits per heavy atom. The predicted molar refractivity (Wildman–Crippen MR) is 138 cm³/mol. The maximum Gasteiger partial charge on any atom is 0.259 e. The Balaban J connectivity index is 1.50. The van der Waals surface area contributed by atoms with E-state index in [0.717, 1.165) is 30.7 Å². The number of aryl methyl sites for hydroxylation is 1. The lowest BCUT2D eigenvalue weighted by atomic mass is 9.86. The van der Waals surface area contributed by atoms with Crippen LogP contribution in [0.5, 0.6) is 5.88 Å². The fraction of sp³-hybridized carbons (Fsp3) is 0.333. The van der Waals surface area contributed by atoms with Crippen molar-refractivity contribution in [2.45, 2.75) is 32.6 Å². The highest BCUT2D eigenvalue weighted by atomic mass is 16.5. The van der Waals surface area contributed by atoms with Crippen molar-refractivity contribution in [1.82, 2.24) is 24.8 Å². The number of methoxy groups -OCH3 is 1. The second-order valence-corrected chi connectivity index (χ2v) is 8.98. The fourth-order valence-electron chi connectivity index (χ4n) is 4.91. The molecule has 3 aromatic heterocycles. The zero-order chi connectivity index (χ0) is 24.4. The first-order valence-corrected chi connectivity index (χ1v) is 12.0. The number of anilines is 2. The van der Waals surface area contributed by atoms with Crippen LogP contribution in [0.15, 0.2) is 53.7 Å². The van der Waals surface area contributed by atoms with Crippen molar-refractivity contribution < 1.29 is 4.74 Å². The molecule has 0 spiro atoms. The van der Waals surface area contributed by atoms with Crippen LogP contribution in [-0.4, -0.2) is 51.6 Å². The van der Waals surface area contributed by atoms with Crippen molar-refractivity contribution in [3.05, 3.63) is 70.4 Å². The number of benzene rings is 1. The van der Waals surface area contributed by atoms with Crippen molar-refractivity contribution in [2.24, 2.45) is 0 Å². The molecule has 0 radical (unpaired) electrons. The molecule has 4 aromatic rings. The maximum absolute atomic E-state index is 12.7. The summed E-state index contributed by atoms with van der Waals surface area (Å²) in [7, 11) is 1.55. The average molecular weight is 471 g/mol. The highest BCUT2D eigenvalue weighted by Gasteiger charge is 2.21. The number of rotatable bonds is 6. The first-order valence-electron chi connectivity index (χ1n) is 12.0. The van der Waals surface area contributed by atoms with E-state index in [9.17, 15) is 4.79 Å². The van der Waals surface area contributed by atoms with E-state index in [4.69, 9.17) is 9.72 Å². The summed E-state index contributed by atoms with van der Waals surface area (Å²) in [5.74, 6) is 1.47. The highest BCUT2D eigenvalue weighted by molar-refractivity contribution is 5.94. The molecule has 1 saturated heterocycles. The summed E-state index contributed by atoms with van der Waals surface area (Å²) in [6.45, 7) is 7.81. The number of hydrogen-bond acceptors (Lipinski definition) is 7. The molecule has 0 bridgehead atoms. The normalized spacial score (nSPS) is 14.8. The van der Waals surface area contributed by atoms with Gasteiger partial charge in [-0.2, -0.15) is 0 Å². The first-order chi connectivity index (χ1) is 17.1. The SMILES string of the molecule is CCN1CCC(c2ccc(Nc3nc(-c4cncc(OC)n4)cc4cc[nH]c(=O)c34)cc2C)CC1. The lowest BCUT2D eigenvalue weighted by Gasteiger charge is -2.32. The summed E-state index contributed by atoms with van der Waals surface area (Å²) < 4.78 is 5.22. The van der Waals surface area contributed by atoms with Gasteiger partial charge in [0.05, 0.1) is 30.6 Å². The van der Waals surface area contributed by atoms with Gasteiger partial charge >= 0.3 is 0 Å². The largest absolute Gasteiger partial charge is 0.480 e. The fourth-order valence-corrected chi connectivity index (χ4v) is 4.91. The lowest BCUT2D eigenvalue weighted by molar-refractivity contribution is 0.222. The zero-order valence-corrected chi connectivity index (χ0v) is 20.3. The third kappa shape index (κ3) is 4.74. The number of nitrogens with zero attached hydrogens (tertiary/aromatic N) is 4. The van der Waals surface area contributed by atoms with E-state index >= 15 is 0 Å². The molecule has 1 aliphatic heterocycles. The van der Waals surface area contributed by atoms with Gasteiger partial charge in [0.1, 0.15) is 11.5 Å². The number of nitrogens with one attached hydrogen (secondary N) is 2. The van der Waals surface area contributed by atoms with Gasteiger partial charge in [0.15, 0.2) is 0 Å². The Labute approximate surface area is 204 Å². The molecule has 8 heteroatoms. The third-order valence-electron chi connectivity index (χ3n) is 6.85. The van der Waals surface area contributed by atoms with Crippen molar-refractivity contribution in [2.75, 3.05) is 32.1 Å². The molecule has 8 nitrogen and oxygen atoms in total. The number of pyridine rings is 2. The van der Waals surface area contributed by atoms with E-state index in [2.05, 4.69) is 57.2 Å². The molecule has 2 N–H and O–H groups in total. The molecule has 0 unspecified atom stereocenters. The topological polar surface area (TPSA) is 96.0 Å². The van der Waals surface area contributed by atoms with Gasteiger partial charge in [-0.25, -0.2) is 9.97 Å². The van der Waals surface area contributed by atoms with Gasteiger partial charge in [0, 0.05) is 11.9 Å². The standard InChI is InChI=1S/C27H30N6O2/c1-4-33-11-8-18(9-12-33)21-6-5-20(13-17(21)2)30-26-25-19(7-10-29-27(25)34)14-22(32-26)23-15-28-16-24(31-23)35-3/h5-7,10,13-16,18H,4,8-9,11-12H2,1-3H3,(H,29,34)(H,30,32). The van der Waals surface area contributed by atoms with Gasteiger partial charge in [0.25, 0.3) is 5.56 Å². The van der Waals surface area contributed by atoms with Crippen molar-refractivity contribution in [3.8, 4) is 17.3 Å². The van der Waals surface area contributed by atoms with Gasteiger partial charge < -0.3 is 19.9 Å². The second-order valence-electron chi connectivity index (χ2n) is 8.98. The summed E-state index contributed by atoms with van der Waals surface area (Å²) in [4.78, 5) is 31.4. The zero-order valence-electron chi connectivity index (χ0n) is 20.3. The number of aromatic amines is 1. The van der Waals surface area contributed by atoms with Gasteiger partial charge in [0.2, 0.25) is 5.88 Å². The Morgan fingerprint density at radius 2 is 1.94 bits per heavy atom. The summed E-state index contributed by atoms with van der Waals surface area (Å²) in [6.07, 6.45) is 7.19. The molecule has 1 aliphatic rings. The third-order valence-corrected chi connectivity index (χ3v) is 6.85. The van der Waals surface area contributed by atoms with E-state index in [1.165, 1.54) is 24.0 Å². The molecule has 5 rings (SSSR count). The van der Waals surface area contributed by atoms with Crippen LogP contribution in [0.1, 0.15) is 36.8 Å². The molecule has 0 amide bonds. The monoisotopic (exact) mass is 470 g/mol. The minimum atomic E-state index is -0.197. The average Bonchev–Trinajstić information content (AvgIpc) is 2.89.